The van der Waals surface area contributed by atoms with Crippen molar-refractivity contribution in [1.82, 2.24) is 5.43 Å². The van der Waals surface area contributed by atoms with E-state index in [0.717, 1.165) is 24.3 Å². The summed E-state index contributed by atoms with van der Waals surface area (Å²) in [7, 11) is -3.95. The van der Waals surface area contributed by atoms with Gasteiger partial charge < -0.3 is 4.90 Å². The van der Waals surface area contributed by atoms with Crippen LogP contribution >= 0.6 is 11.6 Å². The van der Waals surface area contributed by atoms with E-state index in [1.54, 1.807) is 24.3 Å². The lowest BCUT2D eigenvalue weighted by Gasteiger charge is -2.23. The van der Waals surface area contributed by atoms with Crippen LogP contribution in [0.1, 0.15) is 28.4 Å². The quantitative estimate of drug-likeness (QED) is 0.190. The molecule has 7 nitrogen and oxygen atoms in total. The van der Waals surface area contributed by atoms with Crippen LogP contribution in [0, 0.1) is 0 Å². The Morgan fingerprint density at radius 1 is 0.921 bits per heavy atom. The monoisotopic (exact) mass is 546 g/mol. The maximum atomic E-state index is 12.8. The fourth-order valence-electron chi connectivity index (χ4n) is 3.74. The second-order valence-corrected chi connectivity index (χ2v) is 10.5. The van der Waals surface area contributed by atoms with Gasteiger partial charge in [-0.1, -0.05) is 72.3 Å². The summed E-state index contributed by atoms with van der Waals surface area (Å²) >= 11 is 6.06. The van der Waals surface area contributed by atoms with Gasteiger partial charge in [-0.15, -0.1) is 0 Å². The van der Waals surface area contributed by atoms with Gasteiger partial charge in [0.2, 0.25) is 0 Å². The van der Waals surface area contributed by atoms with Crippen LogP contribution in [0.15, 0.2) is 113 Å². The topological polar surface area (TPSA) is 90.9 Å². The number of nitrogens with one attached hydrogen (secondary N) is 2. The molecule has 0 unspecified atom stereocenters. The molecule has 9 heteroatoms. The molecule has 0 saturated carbocycles. The Morgan fingerprint density at radius 2 is 1.63 bits per heavy atom. The van der Waals surface area contributed by atoms with E-state index in [2.05, 4.69) is 39.2 Å². The van der Waals surface area contributed by atoms with Crippen LogP contribution in [0.5, 0.6) is 0 Å². The lowest BCUT2D eigenvalue weighted by Crippen LogP contribution is -2.21. The minimum Gasteiger partial charge on any atom is -0.367 e. The number of para-hydroxylation sites is 1. The van der Waals surface area contributed by atoms with E-state index in [0.29, 0.717) is 0 Å². The Labute approximate surface area is 227 Å². The van der Waals surface area contributed by atoms with E-state index in [-0.39, 0.29) is 21.2 Å². The first kappa shape index (κ1) is 26.9. The number of hydrazone groups is 1. The van der Waals surface area contributed by atoms with Gasteiger partial charge in [-0.2, -0.15) is 5.10 Å². The number of rotatable bonds is 10. The molecule has 0 aromatic heterocycles. The summed E-state index contributed by atoms with van der Waals surface area (Å²) < 4.78 is 28.0. The molecule has 0 fully saturated rings. The summed E-state index contributed by atoms with van der Waals surface area (Å²) in [4.78, 5) is 14.8. The summed E-state index contributed by atoms with van der Waals surface area (Å²) in [6.45, 7) is 3.78. The molecular weight excluding hydrogens is 520 g/mol. The number of carbonyl (C=O) groups is 1. The fraction of sp³-hybridized carbons (Fsp3) is 0.103. The molecule has 4 aromatic carbocycles. The lowest BCUT2D eigenvalue weighted by atomic mass is 10.1. The van der Waals surface area contributed by atoms with Crippen molar-refractivity contribution in [2.24, 2.45) is 5.10 Å². The van der Waals surface area contributed by atoms with E-state index in [4.69, 9.17) is 11.6 Å². The molecule has 0 aliphatic carbocycles. The molecule has 2 N–H and O–H groups in total. The highest BCUT2D eigenvalue weighted by atomic mass is 35.5. The van der Waals surface area contributed by atoms with E-state index < -0.39 is 15.9 Å². The highest BCUT2D eigenvalue weighted by molar-refractivity contribution is 7.92. The van der Waals surface area contributed by atoms with Crippen molar-refractivity contribution in [3.05, 3.63) is 125 Å². The number of halogens is 1. The second kappa shape index (κ2) is 12.4. The van der Waals surface area contributed by atoms with Crippen molar-refractivity contribution >= 4 is 45.1 Å². The van der Waals surface area contributed by atoms with E-state index >= 15 is 0 Å². The minimum atomic E-state index is -3.95. The van der Waals surface area contributed by atoms with Gasteiger partial charge in [0.05, 0.1) is 21.8 Å². The van der Waals surface area contributed by atoms with Crippen molar-refractivity contribution in [3.63, 3.8) is 0 Å². The summed E-state index contributed by atoms with van der Waals surface area (Å²) in [5, 5.41) is 4.30. The Bertz CT molecular complexity index is 1530. The van der Waals surface area contributed by atoms with Crippen molar-refractivity contribution in [3.8, 4) is 0 Å². The minimum absolute atomic E-state index is 0.0689. The number of nitrogens with zero attached hydrogens (tertiary/aromatic N) is 2. The lowest BCUT2D eigenvalue weighted by molar-refractivity contribution is 0.0955. The molecule has 194 valence electrons. The molecule has 1 amide bonds. The van der Waals surface area contributed by atoms with E-state index in [1.807, 2.05) is 42.5 Å². The number of amides is 1. The van der Waals surface area contributed by atoms with Gasteiger partial charge in [-0.25, -0.2) is 13.8 Å². The fourth-order valence-corrected chi connectivity index (χ4v) is 5.11. The molecular formula is C29H27ClN4O3S. The van der Waals surface area contributed by atoms with Gasteiger partial charge in [-0.05, 0) is 60.5 Å². The number of hydrogen-bond acceptors (Lipinski definition) is 5. The van der Waals surface area contributed by atoms with Gasteiger partial charge in [0.15, 0.2) is 0 Å². The first-order valence-electron chi connectivity index (χ1n) is 12.0. The Balaban J connectivity index is 1.38. The average molecular weight is 547 g/mol. The van der Waals surface area contributed by atoms with E-state index in [1.165, 1.54) is 36.0 Å². The van der Waals surface area contributed by atoms with Crippen molar-refractivity contribution in [1.29, 1.82) is 0 Å². The predicted molar refractivity (Wildman–Crippen MR) is 153 cm³/mol. The first-order valence-corrected chi connectivity index (χ1v) is 13.8. The smallest absolute Gasteiger partial charge is 0.271 e. The maximum absolute atomic E-state index is 12.8. The van der Waals surface area contributed by atoms with Gasteiger partial charge >= 0.3 is 0 Å². The summed E-state index contributed by atoms with van der Waals surface area (Å²) in [6, 6.07) is 30.3. The molecule has 0 bridgehead atoms. The molecule has 4 rings (SSSR count). The van der Waals surface area contributed by atoms with Crippen molar-refractivity contribution in [2.45, 2.75) is 18.4 Å². The van der Waals surface area contributed by atoms with Gasteiger partial charge in [0, 0.05) is 24.3 Å². The van der Waals surface area contributed by atoms with Gasteiger partial charge in [-0.3, -0.25) is 9.52 Å². The van der Waals surface area contributed by atoms with Crippen LogP contribution in [-0.4, -0.2) is 27.1 Å². The van der Waals surface area contributed by atoms with E-state index in [9.17, 15) is 13.2 Å². The Morgan fingerprint density at radius 3 is 2.34 bits per heavy atom. The van der Waals surface area contributed by atoms with Gasteiger partial charge in [0.1, 0.15) is 0 Å². The number of anilines is 2. The molecule has 0 heterocycles. The normalized spacial score (nSPS) is 11.3. The largest absolute Gasteiger partial charge is 0.367 e. The second-order valence-electron chi connectivity index (χ2n) is 8.40. The number of hydrogen-bond donors (Lipinski definition) is 2. The third-order valence-corrected chi connectivity index (χ3v) is 7.45. The number of sulfonamides is 1. The molecule has 0 saturated heterocycles. The van der Waals surface area contributed by atoms with Crippen LogP contribution in [0.2, 0.25) is 5.02 Å². The predicted octanol–water partition coefficient (Wildman–Crippen LogP) is 5.93. The number of benzene rings is 4. The van der Waals surface area contributed by atoms with Crippen LogP contribution < -0.4 is 15.0 Å². The zero-order chi connectivity index (χ0) is 27.0. The van der Waals surface area contributed by atoms with Crippen molar-refractivity contribution in [2.75, 3.05) is 16.2 Å². The highest BCUT2D eigenvalue weighted by Gasteiger charge is 2.17. The molecule has 38 heavy (non-hydrogen) atoms. The standard InChI is InChI=1S/C29H27ClN4O3S/c1-2-34(21-23-9-4-3-5-10-23)25-17-15-22(16-18-25)20-31-32-29(35)24-11-8-12-26(19-24)38(36,37)33-28-14-7-6-13-27(28)30/h3-20,33H,2,21H2,1H3,(H,32,35). The Hall–Kier alpha value is -4.14. The molecule has 0 radical (unpaired) electrons. The third-order valence-electron chi connectivity index (χ3n) is 5.76. The molecule has 0 aliphatic rings. The van der Waals surface area contributed by atoms with Crippen LogP contribution in [0.3, 0.4) is 0 Å². The summed E-state index contributed by atoms with van der Waals surface area (Å²) in [5.74, 6) is -0.535. The zero-order valence-electron chi connectivity index (χ0n) is 20.7. The average Bonchev–Trinajstić information content (AvgIpc) is 2.94. The first-order chi connectivity index (χ1) is 18.4. The summed E-state index contributed by atoms with van der Waals surface area (Å²) in [5.41, 5.74) is 5.98. The molecule has 0 atom stereocenters. The van der Waals surface area contributed by atoms with Crippen molar-refractivity contribution < 1.29 is 13.2 Å². The van der Waals surface area contributed by atoms with Gasteiger partial charge in [0.25, 0.3) is 15.9 Å². The molecule has 0 spiro atoms. The summed E-state index contributed by atoms with van der Waals surface area (Å²) in [6.07, 6.45) is 1.54. The molecule has 0 aliphatic heterocycles. The number of carbonyl (C=O) groups excluding carboxylic acids is 1. The van der Waals surface area contributed by atoms with Crippen LogP contribution in [-0.2, 0) is 16.6 Å². The highest BCUT2D eigenvalue weighted by Crippen LogP contribution is 2.24. The zero-order valence-corrected chi connectivity index (χ0v) is 22.3. The SMILES string of the molecule is CCN(Cc1ccccc1)c1ccc(C=NNC(=O)c2cccc(S(=O)(=O)Nc3ccccc3Cl)c2)cc1. The Kier molecular flexibility index (Phi) is 8.78. The van der Waals surface area contributed by atoms with Crippen LogP contribution in [0.4, 0.5) is 11.4 Å². The van der Waals surface area contributed by atoms with Crippen LogP contribution in [0.25, 0.3) is 0 Å². The molecule has 4 aromatic rings. The maximum Gasteiger partial charge on any atom is 0.271 e. The third kappa shape index (κ3) is 7.00.